The molecule has 2 amide bonds. The minimum atomic E-state index is -0.340. The number of carbonyl (C=O) groups is 2. The zero-order valence-corrected chi connectivity index (χ0v) is 15.2. The summed E-state index contributed by atoms with van der Waals surface area (Å²) in [5, 5.41) is 4.73. The van der Waals surface area contributed by atoms with Crippen molar-refractivity contribution in [1.82, 2.24) is 16.0 Å². The van der Waals surface area contributed by atoms with Gasteiger partial charge in [0.1, 0.15) is 5.69 Å². The van der Waals surface area contributed by atoms with Crippen molar-refractivity contribution in [3.8, 4) is 0 Å². The Morgan fingerprint density at radius 2 is 2.15 bits per heavy atom. The van der Waals surface area contributed by atoms with Crippen molar-refractivity contribution >= 4 is 34.1 Å². The van der Waals surface area contributed by atoms with Gasteiger partial charge in [-0.1, -0.05) is 24.2 Å². The highest BCUT2D eigenvalue weighted by Gasteiger charge is 2.21. The molecule has 1 aliphatic carbocycles. The summed E-state index contributed by atoms with van der Waals surface area (Å²) >= 11 is 1.51. The summed E-state index contributed by atoms with van der Waals surface area (Å²) in [7, 11) is 0. The zero-order valence-electron chi connectivity index (χ0n) is 14.4. The van der Waals surface area contributed by atoms with E-state index >= 15 is 0 Å². The van der Waals surface area contributed by atoms with Crippen LogP contribution in [0.2, 0.25) is 0 Å². The molecule has 0 saturated heterocycles. The van der Waals surface area contributed by atoms with Crippen molar-refractivity contribution in [3.05, 3.63) is 51.3 Å². The highest BCUT2D eigenvalue weighted by Crippen LogP contribution is 2.32. The van der Waals surface area contributed by atoms with Crippen LogP contribution in [0.4, 0.5) is 0 Å². The molecule has 26 heavy (non-hydrogen) atoms. The quantitative estimate of drug-likeness (QED) is 0.695. The third kappa shape index (κ3) is 3.35. The Bertz CT molecular complexity index is 975. The van der Waals surface area contributed by atoms with E-state index in [1.807, 2.05) is 24.3 Å². The standard InChI is InChI=1S/C19H19N3O3S/c1-11-6-7-16-12(8-11)9-17(26-16)19(24)21-20-18(23)10-14-13-4-2-3-5-15(13)25-22-14/h2-5,9,11H,6-8,10H2,1H3,(H,20,23)(H,21,24)/t11-/m1/s1. The summed E-state index contributed by atoms with van der Waals surface area (Å²) in [6.45, 7) is 2.23. The molecule has 2 aromatic heterocycles. The molecular weight excluding hydrogens is 350 g/mol. The molecule has 1 aliphatic rings. The van der Waals surface area contributed by atoms with E-state index in [-0.39, 0.29) is 18.2 Å². The average molecular weight is 369 g/mol. The van der Waals surface area contributed by atoms with Gasteiger partial charge in [0.25, 0.3) is 5.91 Å². The van der Waals surface area contributed by atoms with Gasteiger partial charge in [-0.25, -0.2) is 0 Å². The maximum Gasteiger partial charge on any atom is 0.279 e. The van der Waals surface area contributed by atoms with Gasteiger partial charge in [-0.3, -0.25) is 20.4 Å². The van der Waals surface area contributed by atoms with Crippen LogP contribution >= 0.6 is 11.3 Å². The van der Waals surface area contributed by atoms with Crippen LogP contribution in [0.3, 0.4) is 0 Å². The molecule has 1 aromatic carbocycles. The van der Waals surface area contributed by atoms with Crippen LogP contribution < -0.4 is 10.9 Å². The fourth-order valence-electron chi connectivity index (χ4n) is 3.27. The van der Waals surface area contributed by atoms with E-state index in [2.05, 4.69) is 22.9 Å². The second-order valence-electron chi connectivity index (χ2n) is 6.71. The van der Waals surface area contributed by atoms with Crippen LogP contribution in [0.25, 0.3) is 11.0 Å². The zero-order chi connectivity index (χ0) is 18.1. The Hall–Kier alpha value is -2.67. The van der Waals surface area contributed by atoms with E-state index < -0.39 is 0 Å². The van der Waals surface area contributed by atoms with Crippen LogP contribution in [0.1, 0.15) is 39.2 Å². The molecule has 2 N–H and O–H groups in total. The number of rotatable bonds is 3. The van der Waals surface area contributed by atoms with Crippen molar-refractivity contribution in [2.45, 2.75) is 32.6 Å². The van der Waals surface area contributed by atoms with Crippen molar-refractivity contribution in [2.24, 2.45) is 5.92 Å². The number of hydrogen-bond donors (Lipinski definition) is 2. The largest absolute Gasteiger partial charge is 0.356 e. The maximum absolute atomic E-state index is 12.3. The number of aromatic nitrogens is 1. The lowest BCUT2D eigenvalue weighted by Crippen LogP contribution is -2.42. The topological polar surface area (TPSA) is 84.2 Å². The molecule has 7 heteroatoms. The number of hydrazine groups is 1. The summed E-state index contributed by atoms with van der Waals surface area (Å²) < 4.78 is 5.18. The van der Waals surface area contributed by atoms with Crippen LogP contribution in [0.5, 0.6) is 0 Å². The summed E-state index contributed by atoms with van der Waals surface area (Å²) in [6, 6.07) is 9.30. The minimum absolute atomic E-state index is 0.0374. The molecule has 1 atom stereocenters. The smallest absolute Gasteiger partial charge is 0.279 e. The molecule has 2 heterocycles. The monoisotopic (exact) mass is 369 g/mol. The van der Waals surface area contributed by atoms with Gasteiger partial charge in [0.05, 0.1) is 11.3 Å². The third-order valence-electron chi connectivity index (χ3n) is 4.65. The molecule has 3 aromatic rings. The van der Waals surface area contributed by atoms with Gasteiger partial charge in [0, 0.05) is 10.3 Å². The van der Waals surface area contributed by atoms with Crippen LogP contribution in [0.15, 0.2) is 34.9 Å². The van der Waals surface area contributed by atoms with E-state index in [0.29, 0.717) is 22.1 Å². The highest BCUT2D eigenvalue weighted by atomic mass is 32.1. The first-order chi connectivity index (χ1) is 12.6. The van der Waals surface area contributed by atoms with Gasteiger partial charge >= 0.3 is 0 Å². The number of aryl methyl sites for hydroxylation is 1. The van der Waals surface area contributed by atoms with Gasteiger partial charge < -0.3 is 4.52 Å². The number of thiophene rings is 1. The van der Waals surface area contributed by atoms with E-state index in [0.717, 1.165) is 24.6 Å². The van der Waals surface area contributed by atoms with Crippen LogP contribution in [-0.2, 0) is 24.1 Å². The number of nitrogens with zero attached hydrogens (tertiary/aromatic N) is 1. The first-order valence-corrected chi connectivity index (χ1v) is 9.46. The number of amides is 2. The Morgan fingerprint density at radius 3 is 3.04 bits per heavy atom. The number of benzene rings is 1. The summed E-state index contributed by atoms with van der Waals surface area (Å²) in [4.78, 5) is 26.4. The summed E-state index contributed by atoms with van der Waals surface area (Å²) in [5.41, 5.74) is 7.40. The van der Waals surface area contributed by atoms with Gasteiger partial charge in [-0.05, 0) is 48.9 Å². The van der Waals surface area contributed by atoms with E-state index in [9.17, 15) is 9.59 Å². The molecule has 0 unspecified atom stereocenters. The minimum Gasteiger partial charge on any atom is -0.356 e. The molecule has 134 valence electrons. The fourth-order valence-corrected chi connectivity index (χ4v) is 4.37. The lowest BCUT2D eigenvalue weighted by atomic mass is 9.90. The summed E-state index contributed by atoms with van der Waals surface area (Å²) in [6.07, 6.45) is 3.25. The van der Waals surface area contributed by atoms with E-state index in [1.54, 1.807) is 6.07 Å². The number of para-hydroxylation sites is 1. The molecule has 0 aliphatic heterocycles. The SMILES string of the molecule is C[C@@H]1CCc2sc(C(=O)NNC(=O)Cc3noc4ccccc34)cc2C1. The molecule has 4 rings (SSSR count). The fraction of sp³-hybridized carbons (Fsp3) is 0.316. The lowest BCUT2D eigenvalue weighted by Gasteiger charge is -2.16. The molecule has 6 nitrogen and oxygen atoms in total. The Balaban J connectivity index is 1.36. The molecule has 0 radical (unpaired) electrons. The van der Waals surface area contributed by atoms with Crippen molar-refractivity contribution in [1.29, 1.82) is 0 Å². The molecule has 0 fully saturated rings. The van der Waals surface area contributed by atoms with Gasteiger partial charge in [0.2, 0.25) is 5.91 Å². The number of carbonyl (C=O) groups excluding carboxylic acids is 2. The average Bonchev–Trinajstić information content (AvgIpc) is 3.24. The van der Waals surface area contributed by atoms with Crippen molar-refractivity contribution in [3.63, 3.8) is 0 Å². The first kappa shape index (κ1) is 16.8. The van der Waals surface area contributed by atoms with Gasteiger partial charge in [-0.2, -0.15) is 0 Å². The Labute approximate surface area is 154 Å². The Morgan fingerprint density at radius 1 is 1.31 bits per heavy atom. The second kappa shape index (κ2) is 6.92. The van der Waals surface area contributed by atoms with Crippen LogP contribution in [0, 0.1) is 5.92 Å². The molecule has 0 saturated carbocycles. The summed E-state index contributed by atoms with van der Waals surface area (Å²) in [5.74, 6) is 0.0350. The molecular formula is C19H19N3O3S. The predicted octanol–water partition coefficient (Wildman–Crippen LogP) is 3.02. The third-order valence-corrected chi connectivity index (χ3v) is 5.88. The number of nitrogens with one attached hydrogen (secondary N) is 2. The van der Waals surface area contributed by atoms with Crippen molar-refractivity contribution < 1.29 is 14.1 Å². The second-order valence-corrected chi connectivity index (χ2v) is 7.85. The lowest BCUT2D eigenvalue weighted by molar-refractivity contribution is -0.121. The van der Waals surface area contributed by atoms with E-state index in [4.69, 9.17) is 4.52 Å². The molecule has 0 spiro atoms. The van der Waals surface area contributed by atoms with Crippen LogP contribution in [-0.4, -0.2) is 17.0 Å². The number of hydrogen-bond acceptors (Lipinski definition) is 5. The number of fused-ring (bicyclic) bond motifs is 2. The van der Waals surface area contributed by atoms with E-state index in [1.165, 1.54) is 21.8 Å². The Kier molecular flexibility index (Phi) is 4.46. The van der Waals surface area contributed by atoms with Gasteiger partial charge in [-0.15, -0.1) is 11.3 Å². The highest BCUT2D eigenvalue weighted by molar-refractivity contribution is 7.14. The first-order valence-electron chi connectivity index (χ1n) is 8.64. The normalized spacial score (nSPS) is 16.3. The van der Waals surface area contributed by atoms with Crippen molar-refractivity contribution in [2.75, 3.05) is 0 Å². The predicted molar refractivity (Wildman–Crippen MR) is 98.8 cm³/mol. The molecule has 0 bridgehead atoms. The maximum atomic E-state index is 12.3. The van der Waals surface area contributed by atoms with Gasteiger partial charge in [0.15, 0.2) is 5.58 Å².